The topological polar surface area (TPSA) is 58.5 Å². The number of aromatic nitrogens is 4. The SMILES string of the molecule is Cc1nc2c(C)cc(-c3[nH]c4ccc(C5CCN(C6CCOCC6)CC5)cc4c3C(C)C)cn2n1. The van der Waals surface area contributed by atoms with E-state index in [1.807, 2.05) is 11.4 Å². The molecule has 3 aromatic heterocycles. The van der Waals surface area contributed by atoms with Crippen LogP contribution in [0, 0.1) is 13.8 Å². The van der Waals surface area contributed by atoms with E-state index < -0.39 is 0 Å². The summed E-state index contributed by atoms with van der Waals surface area (Å²) in [6, 6.07) is 10.1. The number of ether oxygens (including phenoxy) is 1. The number of hydrogen-bond donors (Lipinski definition) is 1. The van der Waals surface area contributed by atoms with Crippen LogP contribution in [0.25, 0.3) is 27.8 Å². The molecule has 35 heavy (non-hydrogen) atoms. The maximum Gasteiger partial charge on any atom is 0.158 e. The first-order valence-corrected chi connectivity index (χ1v) is 13.3. The first kappa shape index (κ1) is 22.7. The highest BCUT2D eigenvalue weighted by molar-refractivity contribution is 5.92. The summed E-state index contributed by atoms with van der Waals surface area (Å²) in [7, 11) is 0. The lowest BCUT2D eigenvalue weighted by Gasteiger charge is -2.39. The maximum absolute atomic E-state index is 5.58. The molecule has 6 heteroatoms. The molecular formula is C29H37N5O. The summed E-state index contributed by atoms with van der Waals surface area (Å²) >= 11 is 0. The molecule has 2 aliphatic rings. The maximum atomic E-state index is 5.58. The van der Waals surface area contributed by atoms with Gasteiger partial charge in [-0.1, -0.05) is 19.9 Å². The molecular weight excluding hydrogens is 434 g/mol. The lowest BCUT2D eigenvalue weighted by atomic mass is 9.86. The standard InChI is InChI=1S/C29H37N5O/c1-18(2)27-25-16-22(21-7-11-33(12-8-21)24-9-13-35-14-10-24)5-6-26(25)31-28(27)23-15-19(3)29-30-20(4)32-34(29)17-23/h5-6,15-18,21,24,31H,7-14H2,1-4H3. The molecule has 1 aromatic carbocycles. The van der Waals surface area contributed by atoms with Gasteiger partial charge >= 0.3 is 0 Å². The van der Waals surface area contributed by atoms with E-state index in [1.165, 1.54) is 72.1 Å². The number of aryl methyl sites for hydroxylation is 2. The first-order chi connectivity index (χ1) is 17.0. The number of piperidine rings is 1. The third-order valence-corrected chi connectivity index (χ3v) is 8.16. The Morgan fingerprint density at radius 3 is 2.54 bits per heavy atom. The largest absolute Gasteiger partial charge is 0.381 e. The summed E-state index contributed by atoms with van der Waals surface area (Å²) in [5, 5.41) is 5.95. The molecule has 6 rings (SSSR count). The Hall–Kier alpha value is -2.70. The van der Waals surface area contributed by atoms with Gasteiger partial charge in [0.05, 0.1) is 5.69 Å². The summed E-state index contributed by atoms with van der Waals surface area (Å²) in [6.45, 7) is 12.9. The Labute approximate surface area is 207 Å². The van der Waals surface area contributed by atoms with Crippen LogP contribution < -0.4 is 0 Å². The quantitative estimate of drug-likeness (QED) is 0.398. The second-order valence-electron chi connectivity index (χ2n) is 10.9. The van der Waals surface area contributed by atoms with Crippen LogP contribution in [0.15, 0.2) is 30.5 Å². The molecule has 1 N–H and O–H groups in total. The van der Waals surface area contributed by atoms with E-state index in [0.29, 0.717) is 11.8 Å². The Balaban J connectivity index is 1.32. The fourth-order valence-corrected chi connectivity index (χ4v) is 6.35. The number of benzene rings is 1. The minimum Gasteiger partial charge on any atom is -0.381 e. The van der Waals surface area contributed by atoms with Gasteiger partial charge in [0.15, 0.2) is 5.65 Å². The zero-order valence-corrected chi connectivity index (χ0v) is 21.5. The molecule has 2 fully saturated rings. The van der Waals surface area contributed by atoms with Crippen LogP contribution in [-0.4, -0.2) is 56.8 Å². The van der Waals surface area contributed by atoms with Gasteiger partial charge in [-0.3, -0.25) is 0 Å². The highest BCUT2D eigenvalue weighted by atomic mass is 16.5. The summed E-state index contributed by atoms with van der Waals surface area (Å²) in [5.74, 6) is 1.86. The molecule has 184 valence electrons. The van der Waals surface area contributed by atoms with E-state index in [1.54, 1.807) is 0 Å². The van der Waals surface area contributed by atoms with E-state index in [-0.39, 0.29) is 0 Å². The molecule has 2 saturated heterocycles. The molecule has 0 atom stereocenters. The van der Waals surface area contributed by atoms with Gasteiger partial charge in [-0.2, -0.15) is 5.10 Å². The molecule has 0 bridgehead atoms. The zero-order chi connectivity index (χ0) is 24.1. The number of nitrogens with one attached hydrogen (secondary N) is 1. The van der Waals surface area contributed by atoms with Gasteiger partial charge in [-0.05, 0) is 99.3 Å². The molecule has 0 spiro atoms. The minimum atomic E-state index is 0.415. The smallest absolute Gasteiger partial charge is 0.158 e. The number of fused-ring (bicyclic) bond motifs is 2. The van der Waals surface area contributed by atoms with Crippen LogP contribution in [0.1, 0.15) is 73.9 Å². The zero-order valence-electron chi connectivity index (χ0n) is 21.5. The van der Waals surface area contributed by atoms with Crippen molar-refractivity contribution in [3.63, 3.8) is 0 Å². The highest BCUT2D eigenvalue weighted by Crippen LogP contribution is 2.39. The molecule has 0 aliphatic carbocycles. The molecule has 4 aromatic rings. The van der Waals surface area contributed by atoms with Gasteiger partial charge < -0.3 is 14.6 Å². The lowest BCUT2D eigenvalue weighted by molar-refractivity contribution is 0.0252. The molecule has 5 heterocycles. The number of rotatable bonds is 4. The Morgan fingerprint density at radius 1 is 1.03 bits per heavy atom. The van der Waals surface area contributed by atoms with Crippen molar-refractivity contribution in [3.05, 3.63) is 53.0 Å². The summed E-state index contributed by atoms with van der Waals surface area (Å²) in [5.41, 5.74) is 8.58. The van der Waals surface area contributed by atoms with Crippen molar-refractivity contribution >= 4 is 16.6 Å². The van der Waals surface area contributed by atoms with Gasteiger partial charge in [0.1, 0.15) is 5.82 Å². The summed E-state index contributed by atoms with van der Waals surface area (Å²) in [6.07, 6.45) is 7.00. The van der Waals surface area contributed by atoms with Crippen molar-refractivity contribution < 1.29 is 4.74 Å². The molecule has 6 nitrogen and oxygen atoms in total. The Kier molecular flexibility index (Phi) is 5.89. The van der Waals surface area contributed by atoms with Gasteiger partial charge in [0.2, 0.25) is 0 Å². The second-order valence-corrected chi connectivity index (χ2v) is 10.9. The predicted octanol–water partition coefficient (Wildman–Crippen LogP) is 5.98. The Morgan fingerprint density at radius 2 is 1.80 bits per heavy atom. The second kappa shape index (κ2) is 9.07. The van der Waals surface area contributed by atoms with Crippen LogP contribution in [0.4, 0.5) is 0 Å². The fourth-order valence-electron chi connectivity index (χ4n) is 6.35. The van der Waals surface area contributed by atoms with Crippen molar-refractivity contribution in [3.8, 4) is 11.3 Å². The number of pyridine rings is 1. The van der Waals surface area contributed by atoms with Crippen LogP contribution in [0.5, 0.6) is 0 Å². The van der Waals surface area contributed by atoms with Crippen LogP contribution in [-0.2, 0) is 4.74 Å². The van der Waals surface area contributed by atoms with Gasteiger partial charge in [0.25, 0.3) is 0 Å². The van der Waals surface area contributed by atoms with Crippen LogP contribution in [0.2, 0.25) is 0 Å². The molecule has 0 unspecified atom stereocenters. The van der Waals surface area contributed by atoms with Crippen molar-refractivity contribution in [2.75, 3.05) is 26.3 Å². The van der Waals surface area contributed by atoms with E-state index in [9.17, 15) is 0 Å². The molecule has 2 aliphatic heterocycles. The normalized spacial score (nSPS) is 18.9. The number of H-pyrrole nitrogens is 1. The van der Waals surface area contributed by atoms with E-state index >= 15 is 0 Å². The average molecular weight is 472 g/mol. The fraction of sp³-hybridized carbons (Fsp3) is 0.517. The number of hydrogen-bond acceptors (Lipinski definition) is 4. The Bertz CT molecular complexity index is 1350. The van der Waals surface area contributed by atoms with Gasteiger partial charge in [0, 0.05) is 41.9 Å². The number of aromatic amines is 1. The van der Waals surface area contributed by atoms with E-state index in [2.05, 4.69) is 71.2 Å². The average Bonchev–Trinajstić information content (AvgIpc) is 3.44. The van der Waals surface area contributed by atoms with Crippen molar-refractivity contribution in [1.82, 2.24) is 24.5 Å². The lowest BCUT2D eigenvalue weighted by Crippen LogP contribution is -2.43. The van der Waals surface area contributed by atoms with Crippen molar-refractivity contribution in [2.24, 2.45) is 0 Å². The molecule has 0 saturated carbocycles. The summed E-state index contributed by atoms with van der Waals surface area (Å²) in [4.78, 5) is 11.1. The van der Waals surface area contributed by atoms with Crippen LogP contribution in [0.3, 0.4) is 0 Å². The number of nitrogens with zero attached hydrogens (tertiary/aromatic N) is 4. The van der Waals surface area contributed by atoms with Crippen LogP contribution >= 0.6 is 0 Å². The monoisotopic (exact) mass is 471 g/mol. The molecule has 0 amide bonds. The number of likely N-dealkylation sites (tertiary alicyclic amines) is 1. The predicted molar refractivity (Wildman–Crippen MR) is 141 cm³/mol. The van der Waals surface area contributed by atoms with Crippen molar-refractivity contribution in [2.45, 2.75) is 71.3 Å². The van der Waals surface area contributed by atoms with E-state index in [4.69, 9.17) is 4.74 Å². The van der Waals surface area contributed by atoms with Gasteiger partial charge in [-0.15, -0.1) is 0 Å². The third-order valence-electron chi connectivity index (χ3n) is 8.16. The highest BCUT2D eigenvalue weighted by Gasteiger charge is 2.28. The van der Waals surface area contributed by atoms with Crippen molar-refractivity contribution in [1.29, 1.82) is 0 Å². The first-order valence-electron chi connectivity index (χ1n) is 13.3. The molecule has 0 radical (unpaired) electrons. The minimum absolute atomic E-state index is 0.415. The summed E-state index contributed by atoms with van der Waals surface area (Å²) < 4.78 is 7.50. The third kappa shape index (κ3) is 4.17. The van der Waals surface area contributed by atoms with E-state index in [0.717, 1.165) is 36.3 Å². The van der Waals surface area contributed by atoms with Gasteiger partial charge in [-0.25, -0.2) is 9.50 Å².